The summed E-state index contributed by atoms with van der Waals surface area (Å²) in [6.07, 6.45) is 4.52. The quantitative estimate of drug-likeness (QED) is 0.461. The minimum atomic E-state index is -0.631. The third-order valence-corrected chi connectivity index (χ3v) is 6.93. The van der Waals surface area contributed by atoms with Crippen molar-refractivity contribution >= 4 is 51.0 Å². The Hall–Kier alpha value is -1.75. The first kappa shape index (κ1) is 21.5. The van der Waals surface area contributed by atoms with Crippen LogP contribution in [0.15, 0.2) is 50.5 Å². The molecule has 1 saturated heterocycles. The molecular weight excluding hydrogens is 491 g/mol. The van der Waals surface area contributed by atoms with Crippen LogP contribution in [0, 0.1) is 5.82 Å². The highest BCUT2D eigenvalue weighted by Crippen LogP contribution is 2.43. The molecule has 0 spiro atoms. The number of nitrogens with one attached hydrogen (secondary N) is 1. The molecule has 2 aromatic rings. The van der Waals surface area contributed by atoms with Gasteiger partial charge in [-0.3, -0.25) is 9.71 Å². The van der Waals surface area contributed by atoms with Gasteiger partial charge in [0.2, 0.25) is 0 Å². The lowest BCUT2D eigenvalue weighted by Gasteiger charge is -2.33. The standard InChI is InChI=1S/C20H20BrFN4O2S2/c1-3-28-20(27)15-16(12-5-4-11(22)10-13(12)21)24-18(19-23-7-9-30-19)26-8-6-14(17(15)26)25-29-2/h4-5,7,9-10,14,16,25H,3,6,8H2,1-2H3. The van der Waals surface area contributed by atoms with Crippen LogP contribution in [-0.4, -0.2) is 47.1 Å². The van der Waals surface area contributed by atoms with E-state index in [-0.39, 0.29) is 18.5 Å². The first-order chi connectivity index (χ1) is 14.5. The predicted molar refractivity (Wildman–Crippen MR) is 121 cm³/mol. The molecule has 1 aromatic carbocycles. The normalized spacial score (nSPS) is 20.9. The molecule has 0 bridgehead atoms. The summed E-state index contributed by atoms with van der Waals surface area (Å²) in [6, 6.07) is 3.76. The van der Waals surface area contributed by atoms with Crippen molar-refractivity contribution in [1.29, 1.82) is 0 Å². The Bertz CT molecular complexity index is 1010. The molecule has 158 valence electrons. The lowest BCUT2D eigenvalue weighted by molar-refractivity contribution is -0.139. The van der Waals surface area contributed by atoms with Crippen molar-refractivity contribution in [1.82, 2.24) is 14.6 Å². The van der Waals surface area contributed by atoms with Gasteiger partial charge in [0.25, 0.3) is 0 Å². The highest BCUT2D eigenvalue weighted by atomic mass is 79.9. The average Bonchev–Trinajstić information content (AvgIpc) is 3.38. The first-order valence-electron chi connectivity index (χ1n) is 9.45. The van der Waals surface area contributed by atoms with E-state index in [1.54, 1.807) is 19.2 Å². The molecule has 2 aliphatic rings. The lowest BCUT2D eigenvalue weighted by atomic mass is 9.93. The molecule has 6 nitrogen and oxygen atoms in total. The van der Waals surface area contributed by atoms with Gasteiger partial charge in [-0.1, -0.05) is 33.9 Å². The van der Waals surface area contributed by atoms with Crippen LogP contribution in [0.1, 0.15) is 30.0 Å². The number of ether oxygens (including phenoxy) is 1. The maximum Gasteiger partial charge on any atom is 0.338 e. The molecule has 0 radical (unpaired) electrons. The van der Waals surface area contributed by atoms with Crippen LogP contribution in [0.5, 0.6) is 0 Å². The SMILES string of the molecule is CCOC(=O)C1=C2C(NSC)CCN2C(c2nccs2)=NC1c1ccc(F)cc1Br. The van der Waals surface area contributed by atoms with Gasteiger partial charge in [-0.2, -0.15) is 0 Å². The Kier molecular flexibility index (Phi) is 6.57. The van der Waals surface area contributed by atoms with Gasteiger partial charge in [0.1, 0.15) is 11.9 Å². The van der Waals surface area contributed by atoms with Crippen LogP contribution in [-0.2, 0) is 9.53 Å². The van der Waals surface area contributed by atoms with Crippen molar-refractivity contribution in [3.8, 4) is 0 Å². The predicted octanol–water partition coefficient (Wildman–Crippen LogP) is 4.31. The number of carbonyl (C=O) groups excluding carboxylic acids is 1. The number of halogens is 2. The van der Waals surface area contributed by atoms with Crippen molar-refractivity contribution in [2.45, 2.75) is 25.4 Å². The molecule has 0 amide bonds. The molecule has 1 aromatic heterocycles. The number of fused-ring (bicyclic) bond motifs is 1. The number of esters is 1. The van der Waals surface area contributed by atoms with Crippen molar-refractivity contribution < 1.29 is 13.9 Å². The van der Waals surface area contributed by atoms with Gasteiger partial charge >= 0.3 is 5.97 Å². The molecule has 10 heteroatoms. The molecular formula is C20H20BrFN4O2S2. The lowest BCUT2D eigenvalue weighted by Crippen LogP contribution is -2.39. The fourth-order valence-corrected chi connectivity index (χ4v) is 5.51. The zero-order valence-corrected chi connectivity index (χ0v) is 19.6. The maximum absolute atomic E-state index is 13.8. The van der Waals surface area contributed by atoms with E-state index in [1.165, 1.54) is 35.4 Å². The van der Waals surface area contributed by atoms with E-state index in [1.807, 2.05) is 11.6 Å². The van der Waals surface area contributed by atoms with E-state index in [2.05, 4.69) is 30.5 Å². The zero-order chi connectivity index (χ0) is 21.3. The summed E-state index contributed by atoms with van der Waals surface area (Å²) >= 11 is 6.46. The highest BCUT2D eigenvalue weighted by Gasteiger charge is 2.43. The van der Waals surface area contributed by atoms with E-state index >= 15 is 0 Å². The van der Waals surface area contributed by atoms with Crippen molar-refractivity contribution in [2.75, 3.05) is 19.4 Å². The molecule has 3 heterocycles. The largest absolute Gasteiger partial charge is 0.463 e. The number of amidine groups is 1. The fourth-order valence-electron chi connectivity index (χ4n) is 3.79. The van der Waals surface area contributed by atoms with Crippen molar-refractivity contribution in [3.05, 3.63) is 61.9 Å². The van der Waals surface area contributed by atoms with E-state index in [4.69, 9.17) is 9.73 Å². The highest BCUT2D eigenvalue weighted by molar-refractivity contribution is 9.10. The van der Waals surface area contributed by atoms with Gasteiger partial charge in [0.05, 0.1) is 23.9 Å². The Morgan fingerprint density at radius 3 is 3.00 bits per heavy atom. The van der Waals surface area contributed by atoms with Gasteiger partial charge in [0, 0.05) is 22.6 Å². The number of nitrogens with zero attached hydrogens (tertiary/aromatic N) is 3. The molecule has 0 saturated carbocycles. The van der Waals surface area contributed by atoms with Crippen molar-refractivity contribution in [3.63, 3.8) is 0 Å². The second-order valence-electron chi connectivity index (χ2n) is 6.69. The summed E-state index contributed by atoms with van der Waals surface area (Å²) in [5.41, 5.74) is 2.04. The molecule has 30 heavy (non-hydrogen) atoms. The fraction of sp³-hybridized carbons (Fsp3) is 0.350. The van der Waals surface area contributed by atoms with Crippen LogP contribution in [0.25, 0.3) is 0 Å². The van der Waals surface area contributed by atoms with E-state index in [9.17, 15) is 9.18 Å². The Morgan fingerprint density at radius 1 is 1.50 bits per heavy atom. The third-order valence-electron chi connectivity index (χ3n) is 4.95. The smallest absolute Gasteiger partial charge is 0.338 e. The van der Waals surface area contributed by atoms with Crippen LogP contribution >= 0.6 is 39.2 Å². The molecule has 2 atom stereocenters. The summed E-state index contributed by atoms with van der Waals surface area (Å²) in [7, 11) is 0. The number of benzene rings is 1. The van der Waals surface area contributed by atoms with E-state index in [0.29, 0.717) is 22.2 Å². The second-order valence-corrected chi connectivity index (χ2v) is 9.09. The summed E-state index contributed by atoms with van der Waals surface area (Å²) in [5.74, 6) is -0.0459. The van der Waals surface area contributed by atoms with Crippen LogP contribution < -0.4 is 4.72 Å². The van der Waals surface area contributed by atoms with Crippen molar-refractivity contribution in [2.24, 2.45) is 4.99 Å². The summed E-state index contributed by atoms with van der Waals surface area (Å²) in [6.45, 7) is 2.76. The average molecular weight is 511 g/mol. The number of aliphatic imine (C=N–C) groups is 1. The minimum Gasteiger partial charge on any atom is -0.463 e. The minimum absolute atomic E-state index is 0.0356. The third kappa shape index (κ3) is 3.93. The maximum atomic E-state index is 13.8. The number of thiazole rings is 1. The van der Waals surface area contributed by atoms with Gasteiger partial charge < -0.3 is 9.64 Å². The first-order valence-corrected chi connectivity index (χ1v) is 12.3. The van der Waals surface area contributed by atoms with E-state index < -0.39 is 12.0 Å². The Morgan fingerprint density at radius 2 is 2.33 bits per heavy atom. The number of hydrogen-bond donors (Lipinski definition) is 1. The van der Waals surface area contributed by atoms with Gasteiger partial charge in [-0.15, -0.1) is 11.3 Å². The number of aromatic nitrogens is 1. The van der Waals surface area contributed by atoms with Crippen LogP contribution in [0.4, 0.5) is 4.39 Å². The van der Waals surface area contributed by atoms with Gasteiger partial charge in [-0.05, 0) is 37.3 Å². The molecule has 1 fully saturated rings. The summed E-state index contributed by atoms with van der Waals surface area (Å²) < 4.78 is 23.1. The Balaban J connectivity index is 1.93. The monoisotopic (exact) mass is 510 g/mol. The number of carbonyl (C=O) groups is 1. The molecule has 2 aliphatic heterocycles. The number of hydrogen-bond acceptors (Lipinski definition) is 8. The van der Waals surface area contributed by atoms with Crippen LogP contribution in [0.3, 0.4) is 0 Å². The van der Waals surface area contributed by atoms with Crippen LogP contribution in [0.2, 0.25) is 0 Å². The zero-order valence-electron chi connectivity index (χ0n) is 16.4. The molecule has 1 N–H and O–H groups in total. The topological polar surface area (TPSA) is 66.8 Å². The second kappa shape index (κ2) is 9.17. The molecule has 4 rings (SSSR count). The Labute approximate surface area is 190 Å². The summed E-state index contributed by atoms with van der Waals surface area (Å²) in [5, 5.41) is 2.68. The number of rotatable bonds is 6. The molecule has 0 aliphatic carbocycles. The van der Waals surface area contributed by atoms with E-state index in [0.717, 1.165) is 23.0 Å². The van der Waals surface area contributed by atoms with Gasteiger partial charge in [-0.25, -0.2) is 14.2 Å². The molecule has 2 unspecified atom stereocenters. The summed E-state index contributed by atoms with van der Waals surface area (Å²) in [4.78, 5) is 24.6. The van der Waals surface area contributed by atoms with Gasteiger partial charge in [0.15, 0.2) is 10.8 Å².